The number of halogens is 1. The molecule has 112 valence electrons. The van der Waals surface area contributed by atoms with Crippen LogP contribution in [0.1, 0.15) is 52.5 Å². The van der Waals surface area contributed by atoms with Crippen molar-refractivity contribution in [1.82, 2.24) is 5.32 Å². The van der Waals surface area contributed by atoms with Crippen LogP contribution in [0.25, 0.3) is 0 Å². The molecule has 1 heterocycles. The summed E-state index contributed by atoms with van der Waals surface area (Å²) in [6.45, 7) is 10.8. The van der Waals surface area contributed by atoms with Gasteiger partial charge in [-0.15, -0.1) is 0 Å². The highest BCUT2D eigenvalue weighted by Crippen LogP contribution is 2.33. The SMILES string of the molecule is CCC1CCCN1c1ccc(CNC(C)(C)C)cc1Cl. The minimum absolute atomic E-state index is 0.132. The average molecular weight is 295 g/mol. The topological polar surface area (TPSA) is 15.3 Å². The summed E-state index contributed by atoms with van der Waals surface area (Å²) in [6, 6.07) is 7.16. The van der Waals surface area contributed by atoms with Crippen LogP contribution in [0.5, 0.6) is 0 Å². The van der Waals surface area contributed by atoms with Crippen LogP contribution in [-0.4, -0.2) is 18.1 Å². The molecule has 1 aliphatic heterocycles. The van der Waals surface area contributed by atoms with E-state index in [2.05, 4.69) is 56.1 Å². The van der Waals surface area contributed by atoms with Crippen LogP contribution in [-0.2, 0) is 6.54 Å². The minimum Gasteiger partial charge on any atom is -0.367 e. The summed E-state index contributed by atoms with van der Waals surface area (Å²) in [5.74, 6) is 0. The first-order chi connectivity index (χ1) is 9.40. The van der Waals surface area contributed by atoms with Crippen molar-refractivity contribution in [2.24, 2.45) is 0 Å². The normalized spacial score (nSPS) is 19.6. The zero-order chi connectivity index (χ0) is 14.8. The second kappa shape index (κ2) is 6.36. The fraction of sp³-hybridized carbons (Fsp3) is 0.647. The molecule has 0 saturated carbocycles. The molecule has 1 saturated heterocycles. The van der Waals surface area contributed by atoms with Crippen molar-refractivity contribution in [3.05, 3.63) is 28.8 Å². The van der Waals surface area contributed by atoms with Crippen LogP contribution in [0.4, 0.5) is 5.69 Å². The van der Waals surface area contributed by atoms with Gasteiger partial charge in [0.05, 0.1) is 10.7 Å². The molecular formula is C17H27ClN2. The van der Waals surface area contributed by atoms with Crippen LogP contribution < -0.4 is 10.2 Å². The molecule has 0 aromatic heterocycles. The van der Waals surface area contributed by atoms with E-state index in [0.29, 0.717) is 6.04 Å². The Morgan fingerprint density at radius 3 is 2.70 bits per heavy atom. The highest BCUT2D eigenvalue weighted by atomic mass is 35.5. The molecule has 1 unspecified atom stereocenters. The van der Waals surface area contributed by atoms with E-state index in [9.17, 15) is 0 Å². The predicted molar refractivity (Wildman–Crippen MR) is 88.7 cm³/mol. The summed E-state index contributed by atoms with van der Waals surface area (Å²) in [6.07, 6.45) is 3.77. The zero-order valence-corrected chi connectivity index (χ0v) is 13.9. The Morgan fingerprint density at radius 2 is 2.10 bits per heavy atom. The Kier molecular flexibility index (Phi) is 4.98. The first-order valence-corrected chi connectivity index (χ1v) is 8.08. The standard InChI is InChI=1S/C17H27ClN2/c1-5-14-7-6-10-20(14)16-9-8-13(11-15(16)18)12-19-17(2,3)4/h8-9,11,14,19H,5-7,10,12H2,1-4H3. The van der Waals surface area contributed by atoms with E-state index in [0.717, 1.165) is 18.1 Å². The third kappa shape index (κ3) is 3.89. The lowest BCUT2D eigenvalue weighted by molar-refractivity contribution is 0.424. The van der Waals surface area contributed by atoms with Crippen LogP contribution in [0.15, 0.2) is 18.2 Å². The van der Waals surface area contributed by atoms with Crippen molar-refractivity contribution in [2.45, 2.75) is 65.1 Å². The molecule has 0 aliphatic carbocycles. The Balaban J connectivity index is 2.10. The predicted octanol–water partition coefficient (Wildman–Crippen LogP) is 4.61. The third-order valence-electron chi connectivity index (χ3n) is 3.99. The Labute approximate surface area is 128 Å². The Morgan fingerprint density at radius 1 is 1.35 bits per heavy atom. The molecule has 0 spiro atoms. The van der Waals surface area contributed by atoms with Crippen LogP contribution in [0.3, 0.4) is 0 Å². The van der Waals surface area contributed by atoms with Crippen LogP contribution >= 0.6 is 11.6 Å². The molecule has 1 atom stereocenters. The van der Waals surface area contributed by atoms with Gasteiger partial charge in [-0.3, -0.25) is 0 Å². The first kappa shape index (κ1) is 15.7. The highest BCUT2D eigenvalue weighted by Gasteiger charge is 2.24. The van der Waals surface area contributed by atoms with Crippen molar-refractivity contribution >= 4 is 17.3 Å². The van der Waals surface area contributed by atoms with E-state index in [1.54, 1.807) is 0 Å². The first-order valence-electron chi connectivity index (χ1n) is 7.71. The van der Waals surface area contributed by atoms with Crippen LogP contribution in [0, 0.1) is 0 Å². The highest BCUT2D eigenvalue weighted by molar-refractivity contribution is 6.33. The molecule has 1 aliphatic rings. The van der Waals surface area contributed by atoms with Gasteiger partial charge in [0.15, 0.2) is 0 Å². The van der Waals surface area contributed by atoms with E-state index in [1.807, 2.05) is 0 Å². The van der Waals surface area contributed by atoms with Crippen LogP contribution in [0.2, 0.25) is 5.02 Å². The van der Waals surface area contributed by atoms with E-state index in [-0.39, 0.29) is 5.54 Å². The van der Waals surface area contributed by atoms with Crippen molar-refractivity contribution in [2.75, 3.05) is 11.4 Å². The molecule has 2 nitrogen and oxygen atoms in total. The Bertz CT molecular complexity index is 451. The molecule has 1 N–H and O–H groups in total. The smallest absolute Gasteiger partial charge is 0.0642 e. The van der Waals surface area contributed by atoms with Gasteiger partial charge in [0.2, 0.25) is 0 Å². The lowest BCUT2D eigenvalue weighted by Gasteiger charge is -2.27. The fourth-order valence-electron chi connectivity index (χ4n) is 2.84. The summed E-state index contributed by atoms with van der Waals surface area (Å²) in [5.41, 5.74) is 2.59. The van der Waals surface area contributed by atoms with Gasteiger partial charge >= 0.3 is 0 Å². The molecule has 0 radical (unpaired) electrons. The molecule has 1 aromatic carbocycles. The molecule has 1 fully saturated rings. The van der Waals surface area contributed by atoms with Gasteiger partial charge in [0.1, 0.15) is 0 Å². The zero-order valence-electron chi connectivity index (χ0n) is 13.2. The second-order valence-corrected chi connectivity index (χ2v) is 7.19. The molecule has 2 rings (SSSR count). The summed E-state index contributed by atoms with van der Waals surface area (Å²) in [5, 5.41) is 4.39. The van der Waals surface area contributed by atoms with Crippen molar-refractivity contribution in [3.8, 4) is 0 Å². The maximum Gasteiger partial charge on any atom is 0.0642 e. The van der Waals surface area contributed by atoms with Gasteiger partial charge < -0.3 is 10.2 Å². The number of hydrogen-bond donors (Lipinski definition) is 1. The van der Waals surface area contributed by atoms with E-state index in [1.165, 1.54) is 30.5 Å². The van der Waals surface area contributed by atoms with E-state index >= 15 is 0 Å². The number of nitrogens with zero attached hydrogens (tertiary/aromatic N) is 1. The number of hydrogen-bond acceptors (Lipinski definition) is 2. The monoisotopic (exact) mass is 294 g/mol. The number of nitrogens with one attached hydrogen (secondary N) is 1. The molecule has 0 bridgehead atoms. The summed E-state index contributed by atoms with van der Waals surface area (Å²) >= 11 is 6.51. The van der Waals surface area contributed by atoms with Gasteiger partial charge in [-0.1, -0.05) is 24.6 Å². The van der Waals surface area contributed by atoms with Crippen molar-refractivity contribution in [3.63, 3.8) is 0 Å². The summed E-state index contributed by atoms with van der Waals surface area (Å²) in [4.78, 5) is 2.48. The third-order valence-corrected chi connectivity index (χ3v) is 4.30. The van der Waals surface area contributed by atoms with E-state index < -0.39 is 0 Å². The lowest BCUT2D eigenvalue weighted by Crippen LogP contribution is -2.35. The molecular weight excluding hydrogens is 268 g/mol. The molecule has 0 amide bonds. The second-order valence-electron chi connectivity index (χ2n) is 6.79. The number of rotatable bonds is 4. The fourth-order valence-corrected chi connectivity index (χ4v) is 3.15. The number of benzene rings is 1. The van der Waals surface area contributed by atoms with Gasteiger partial charge in [0.25, 0.3) is 0 Å². The molecule has 3 heteroatoms. The van der Waals surface area contributed by atoms with E-state index in [4.69, 9.17) is 11.6 Å². The molecule has 20 heavy (non-hydrogen) atoms. The minimum atomic E-state index is 0.132. The lowest BCUT2D eigenvalue weighted by atomic mass is 10.1. The largest absolute Gasteiger partial charge is 0.367 e. The number of anilines is 1. The summed E-state index contributed by atoms with van der Waals surface area (Å²) < 4.78 is 0. The van der Waals surface area contributed by atoms with Gasteiger partial charge in [0, 0.05) is 24.7 Å². The summed E-state index contributed by atoms with van der Waals surface area (Å²) in [7, 11) is 0. The van der Waals surface area contributed by atoms with Gasteiger partial charge in [-0.25, -0.2) is 0 Å². The maximum atomic E-state index is 6.51. The Hall–Kier alpha value is -0.730. The van der Waals surface area contributed by atoms with Crippen molar-refractivity contribution < 1.29 is 0 Å². The van der Waals surface area contributed by atoms with Crippen molar-refractivity contribution in [1.29, 1.82) is 0 Å². The van der Waals surface area contributed by atoms with Gasteiger partial charge in [-0.05, 0) is 57.7 Å². The maximum absolute atomic E-state index is 6.51. The average Bonchev–Trinajstić information content (AvgIpc) is 2.83. The molecule has 1 aromatic rings. The van der Waals surface area contributed by atoms with Gasteiger partial charge in [-0.2, -0.15) is 0 Å². The quantitative estimate of drug-likeness (QED) is 0.872.